The first kappa shape index (κ1) is 16.7. The summed E-state index contributed by atoms with van der Waals surface area (Å²) >= 11 is 0. The second-order valence-electron chi connectivity index (χ2n) is 5.74. The van der Waals surface area contributed by atoms with Crippen LogP contribution in [-0.2, 0) is 9.59 Å². The van der Waals surface area contributed by atoms with E-state index in [4.69, 9.17) is 5.11 Å². The number of rotatable bonds is 4. The summed E-state index contributed by atoms with van der Waals surface area (Å²) in [4.78, 5) is 34.3. The van der Waals surface area contributed by atoms with Gasteiger partial charge in [-0.1, -0.05) is 6.07 Å². The minimum absolute atomic E-state index is 0.275. The monoisotopic (exact) mass is 292 g/mol. The average Bonchev–Trinajstić information content (AvgIpc) is 2.25. The Balaban J connectivity index is 2.61. The Labute approximate surface area is 123 Å². The van der Waals surface area contributed by atoms with Crippen molar-refractivity contribution in [3.05, 3.63) is 29.3 Å². The highest BCUT2D eigenvalue weighted by Gasteiger charge is 2.30. The maximum absolute atomic E-state index is 11.7. The number of carboxylic acid groups (broad SMARTS) is 1. The number of urea groups is 1. The molecule has 0 spiro atoms. The molecule has 6 heteroatoms. The zero-order valence-corrected chi connectivity index (χ0v) is 12.6. The van der Waals surface area contributed by atoms with Crippen molar-refractivity contribution in [3.8, 4) is 0 Å². The predicted octanol–water partition coefficient (Wildman–Crippen LogP) is 2.45. The number of carboxylic acids is 1. The molecular weight excluding hydrogens is 272 g/mol. The Bertz CT molecular complexity index is 559. The molecule has 6 nitrogen and oxygen atoms in total. The number of imide groups is 1. The smallest absolute Gasteiger partial charge is 0.325 e. The topological polar surface area (TPSA) is 95.5 Å². The van der Waals surface area contributed by atoms with Crippen molar-refractivity contribution in [2.24, 2.45) is 5.41 Å². The van der Waals surface area contributed by atoms with E-state index in [-0.39, 0.29) is 6.42 Å². The summed E-state index contributed by atoms with van der Waals surface area (Å²) in [5.41, 5.74) is 1.34. The Morgan fingerprint density at radius 3 is 2.10 bits per heavy atom. The van der Waals surface area contributed by atoms with E-state index < -0.39 is 23.3 Å². The van der Waals surface area contributed by atoms with Gasteiger partial charge in [0.2, 0.25) is 5.91 Å². The van der Waals surface area contributed by atoms with Gasteiger partial charge in [-0.2, -0.15) is 0 Å². The number of carbonyl (C=O) groups excluding carboxylic acids is 2. The Kier molecular flexibility index (Phi) is 5.07. The van der Waals surface area contributed by atoms with Crippen LogP contribution < -0.4 is 10.6 Å². The van der Waals surface area contributed by atoms with Crippen molar-refractivity contribution < 1.29 is 19.5 Å². The van der Waals surface area contributed by atoms with Crippen molar-refractivity contribution in [2.75, 3.05) is 5.32 Å². The van der Waals surface area contributed by atoms with Gasteiger partial charge in [-0.25, -0.2) is 4.79 Å². The van der Waals surface area contributed by atoms with Crippen LogP contribution in [0.4, 0.5) is 10.5 Å². The second-order valence-corrected chi connectivity index (χ2v) is 5.74. The van der Waals surface area contributed by atoms with E-state index in [1.807, 2.05) is 19.9 Å². The molecule has 0 aliphatic heterocycles. The molecule has 0 saturated heterocycles. The van der Waals surface area contributed by atoms with Gasteiger partial charge in [0.1, 0.15) is 0 Å². The van der Waals surface area contributed by atoms with Crippen molar-refractivity contribution in [1.29, 1.82) is 0 Å². The molecule has 3 amide bonds. The van der Waals surface area contributed by atoms with Crippen LogP contribution >= 0.6 is 0 Å². The second kappa shape index (κ2) is 6.39. The lowest BCUT2D eigenvalue weighted by Crippen LogP contribution is -2.38. The van der Waals surface area contributed by atoms with Crippen molar-refractivity contribution in [1.82, 2.24) is 5.32 Å². The van der Waals surface area contributed by atoms with Gasteiger partial charge in [0, 0.05) is 12.1 Å². The van der Waals surface area contributed by atoms with Crippen LogP contribution in [0.5, 0.6) is 0 Å². The van der Waals surface area contributed by atoms with Crippen molar-refractivity contribution in [2.45, 2.75) is 34.1 Å². The van der Waals surface area contributed by atoms with Crippen molar-refractivity contribution >= 4 is 23.6 Å². The van der Waals surface area contributed by atoms with Crippen LogP contribution in [0.15, 0.2) is 18.2 Å². The molecule has 0 saturated carbocycles. The van der Waals surface area contributed by atoms with Crippen molar-refractivity contribution in [3.63, 3.8) is 0 Å². The van der Waals surface area contributed by atoms with Crippen LogP contribution in [0.3, 0.4) is 0 Å². The van der Waals surface area contributed by atoms with Crippen LogP contribution in [0.25, 0.3) is 0 Å². The number of aryl methyl sites for hydroxylation is 2. The summed E-state index contributed by atoms with van der Waals surface area (Å²) in [7, 11) is 0. The van der Waals surface area contributed by atoms with E-state index in [0.29, 0.717) is 5.69 Å². The molecule has 0 aromatic heterocycles. The SMILES string of the molecule is Cc1cc(C)cc(NC(=O)NC(=O)CC(C)(C)C(=O)O)c1. The minimum Gasteiger partial charge on any atom is -0.481 e. The van der Waals surface area contributed by atoms with Gasteiger partial charge in [0.25, 0.3) is 0 Å². The molecule has 21 heavy (non-hydrogen) atoms. The van der Waals surface area contributed by atoms with Crippen LogP contribution in [0.2, 0.25) is 0 Å². The third kappa shape index (κ3) is 5.25. The molecule has 1 aromatic carbocycles. The largest absolute Gasteiger partial charge is 0.481 e. The standard InChI is InChI=1S/C15H20N2O4/c1-9-5-10(2)7-11(6-9)16-14(21)17-12(18)8-15(3,4)13(19)20/h5-7H,8H2,1-4H3,(H,19,20)(H2,16,17,18,21). The van der Waals surface area contributed by atoms with Crippen LogP contribution in [0, 0.1) is 19.3 Å². The zero-order chi connectivity index (χ0) is 16.2. The molecule has 114 valence electrons. The van der Waals surface area contributed by atoms with E-state index in [2.05, 4.69) is 10.6 Å². The first-order chi connectivity index (χ1) is 9.60. The molecule has 1 rings (SSSR count). The van der Waals surface area contributed by atoms with Gasteiger partial charge in [-0.05, 0) is 51.0 Å². The Morgan fingerprint density at radius 1 is 1.10 bits per heavy atom. The quantitative estimate of drug-likeness (QED) is 0.794. The fourth-order valence-corrected chi connectivity index (χ4v) is 1.86. The lowest BCUT2D eigenvalue weighted by atomic mass is 9.89. The lowest BCUT2D eigenvalue weighted by Gasteiger charge is -2.18. The third-order valence-corrected chi connectivity index (χ3v) is 2.91. The minimum atomic E-state index is -1.22. The molecule has 0 aliphatic rings. The van der Waals surface area contributed by atoms with E-state index in [0.717, 1.165) is 11.1 Å². The summed E-state index contributed by atoms with van der Waals surface area (Å²) in [5.74, 6) is -1.73. The van der Waals surface area contributed by atoms with Gasteiger partial charge < -0.3 is 10.4 Å². The predicted molar refractivity (Wildman–Crippen MR) is 79.1 cm³/mol. The fourth-order valence-electron chi connectivity index (χ4n) is 1.86. The van der Waals surface area contributed by atoms with Gasteiger partial charge in [-0.15, -0.1) is 0 Å². The molecular formula is C15H20N2O4. The Hall–Kier alpha value is -2.37. The summed E-state index contributed by atoms with van der Waals surface area (Å²) in [6, 6.07) is 4.84. The number of hydrogen-bond acceptors (Lipinski definition) is 3. The molecule has 1 aromatic rings. The number of amides is 3. The number of hydrogen-bond donors (Lipinski definition) is 3. The maximum Gasteiger partial charge on any atom is 0.325 e. The maximum atomic E-state index is 11.7. The van der Waals surface area contributed by atoms with Gasteiger partial charge in [-0.3, -0.25) is 14.9 Å². The van der Waals surface area contributed by atoms with Gasteiger partial charge >= 0.3 is 12.0 Å². The zero-order valence-electron chi connectivity index (χ0n) is 12.6. The third-order valence-electron chi connectivity index (χ3n) is 2.91. The summed E-state index contributed by atoms with van der Waals surface area (Å²) in [5, 5.41) is 13.6. The highest BCUT2D eigenvalue weighted by atomic mass is 16.4. The van der Waals surface area contributed by atoms with Crippen LogP contribution in [-0.4, -0.2) is 23.0 Å². The normalized spacial score (nSPS) is 10.9. The van der Waals surface area contributed by atoms with E-state index in [1.54, 1.807) is 12.1 Å². The molecule has 0 atom stereocenters. The summed E-state index contributed by atoms with van der Waals surface area (Å²) in [6.07, 6.45) is -0.275. The first-order valence-corrected chi connectivity index (χ1v) is 6.53. The van der Waals surface area contributed by atoms with E-state index >= 15 is 0 Å². The molecule has 0 fully saturated rings. The number of anilines is 1. The fraction of sp³-hybridized carbons (Fsp3) is 0.400. The van der Waals surface area contributed by atoms with E-state index in [9.17, 15) is 14.4 Å². The Morgan fingerprint density at radius 2 is 1.62 bits per heavy atom. The number of aliphatic carboxylic acids is 1. The molecule has 0 aliphatic carbocycles. The van der Waals surface area contributed by atoms with E-state index in [1.165, 1.54) is 13.8 Å². The number of benzene rings is 1. The number of nitrogens with one attached hydrogen (secondary N) is 2. The first-order valence-electron chi connectivity index (χ1n) is 6.53. The highest BCUT2D eigenvalue weighted by molar-refractivity contribution is 6.02. The van der Waals surface area contributed by atoms with Crippen LogP contribution in [0.1, 0.15) is 31.4 Å². The molecule has 0 unspecified atom stereocenters. The molecule has 0 bridgehead atoms. The lowest BCUT2D eigenvalue weighted by molar-refractivity contribution is -0.149. The number of carbonyl (C=O) groups is 3. The molecule has 0 heterocycles. The molecule has 3 N–H and O–H groups in total. The van der Waals surface area contributed by atoms with Gasteiger partial charge in [0.15, 0.2) is 0 Å². The summed E-state index contributed by atoms with van der Waals surface area (Å²) in [6.45, 7) is 6.65. The molecule has 0 radical (unpaired) electrons. The van der Waals surface area contributed by atoms with Gasteiger partial charge in [0.05, 0.1) is 5.41 Å². The average molecular weight is 292 g/mol. The highest BCUT2D eigenvalue weighted by Crippen LogP contribution is 2.20. The summed E-state index contributed by atoms with van der Waals surface area (Å²) < 4.78 is 0.